The molecule has 0 bridgehead atoms. The zero-order chi connectivity index (χ0) is 14.2. The van der Waals surface area contributed by atoms with E-state index < -0.39 is 0 Å². The van der Waals surface area contributed by atoms with Gasteiger partial charge >= 0.3 is 6.09 Å². The van der Waals surface area contributed by atoms with Crippen LogP contribution in [0, 0.1) is 0 Å². The summed E-state index contributed by atoms with van der Waals surface area (Å²) in [5.74, 6) is 0. The first-order valence-electron chi connectivity index (χ1n) is 6.48. The molecule has 1 saturated heterocycles. The Labute approximate surface area is 118 Å². The van der Waals surface area contributed by atoms with Crippen LogP contribution >= 0.6 is 11.6 Å². The van der Waals surface area contributed by atoms with E-state index in [1.807, 2.05) is 20.8 Å². The van der Waals surface area contributed by atoms with Crippen LogP contribution in [0.5, 0.6) is 0 Å². The number of hydrogen-bond donors (Lipinski definition) is 0. The Morgan fingerprint density at radius 1 is 1.53 bits per heavy atom. The second kappa shape index (κ2) is 5.00. The summed E-state index contributed by atoms with van der Waals surface area (Å²) in [6.07, 6.45) is 1.84. The van der Waals surface area contributed by atoms with E-state index in [0.29, 0.717) is 10.7 Å². The van der Waals surface area contributed by atoms with Gasteiger partial charge in [0.1, 0.15) is 0 Å². The van der Waals surface area contributed by atoms with Crippen LogP contribution in [0.4, 0.5) is 4.79 Å². The van der Waals surface area contributed by atoms with Crippen LogP contribution in [0.3, 0.4) is 0 Å². The van der Waals surface area contributed by atoms with Gasteiger partial charge in [-0.2, -0.15) is 0 Å². The third kappa shape index (κ3) is 2.54. The maximum absolute atomic E-state index is 12.1. The number of ether oxygens (including phenoxy) is 1. The van der Waals surface area contributed by atoms with Gasteiger partial charge in [0.2, 0.25) is 0 Å². The summed E-state index contributed by atoms with van der Waals surface area (Å²) < 4.78 is 5.48. The number of pyridine rings is 1. The van der Waals surface area contributed by atoms with Gasteiger partial charge in [-0.1, -0.05) is 18.5 Å². The van der Waals surface area contributed by atoms with Crippen LogP contribution in [-0.4, -0.2) is 27.6 Å². The van der Waals surface area contributed by atoms with Crippen molar-refractivity contribution in [1.82, 2.24) is 9.88 Å². The molecule has 2 rings (SSSR count). The predicted octanol–water partition coefficient (Wildman–Crippen LogP) is 3.81. The molecule has 1 aliphatic heterocycles. The highest BCUT2D eigenvalue weighted by molar-refractivity contribution is 6.30. The van der Waals surface area contributed by atoms with E-state index in [0.717, 1.165) is 6.42 Å². The molecule has 2 atom stereocenters. The van der Waals surface area contributed by atoms with E-state index in [4.69, 9.17) is 16.3 Å². The van der Waals surface area contributed by atoms with Gasteiger partial charge in [0.25, 0.3) is 0 Å². The zero-order valence-corrected chi connectivity index (χ0v) is 12.4. The van der Waals surface area contributed by atoms with Gasteiger partial charge in [-0.3, -0.25) is 9.88 Å². The van der Waals surface area contributed by atoms with Crippen molar-refractivity contribution >= 4 is 17.7 Å². The van der Waals surface area contributed by atoms with Crippen molar-refractivity contribution in [3.63, 3.8) is 0 Å². The van der Waals surface area contributed by atoms with E-state index in [1.54, 1.807) is 23.2 Å². The number of halogens is 1. The van der Waals surface area contributed by atoms with E-state index in [1.165, 1.54) is 0 Å². The van der Waals surface area contributed by atoms with Crippen LogP contribution in [-0.2, 0) is 4.74 Å². The molecule has 0 spiro atoms. The van der Waals surface area contributed by atoms with E-state index in [-0.39, 0.29) is 23.8 Å². The monoisotopic (exact) mass is 282 g/mol. The van der Waals surface area contributed by atoms with Crippen LogP contribution < -0.4 is 0 Å². The zero-order valence-electron chi connectivity index (χ0n) is 11.7. The summed E-state index contributed by atoms with van der Waals surface area (Å²) in [4.78, 5) is 18.2. The lowest BCUT2D eigenvalue weighted by Crippen LogP contribution is -2.48. The number of carbonyl (C=O) groups excluding carboxylic acids is 1. The van der Waals surface area contributed by atoms with Crippen molar-refractivity contribution in [3.8, 4) is 0 Å². The molecule has 0 unspecified atom stereocenters. The molecule has 1 aliphatic rings. The van der Waals surface area contributed by atoms with Crippen LogP contribution in [0.25, 0.3) is 0 Å². The molecule has 5 heteroatoms. The van der Waals surface area contributed by atoms with Gasteiger partial charge < -0.3 is 4.74 Å². The maximum Gasteiger partial charge on any atom is 0.411 e. The number of aromatic nitrogens is 1. The minimum atomic E-state index is -0.364. The van der Waals surface area contributed by atoms with Gasteiger partial charge in [0, 0.05) is 16.8 Å². The van der Waals surface area contributed by atoms with E-state index in [9.17, 15) is 4.79 Å². The van der Waals surface area contributed by atoms with Crippen molar-refractivity contribution in [3.05, 3.63) is 29.0 Å². The number of rotatable bonds is 3. The Morgan fingerprint density at radius 2 is 2.21 bits per heavy atom. The first-order chi connectivity index (χ1) is 8.86. The molecular formula is C14H19ClN2O2. The third-order valence-electron chi connectivity index (χ3n) is 3.82. The number of cyclic esters (lactones) is 1. The topological polar surface area (TPSA) is 42.4 Å². The number of hydrogen-bond acceptors (Lipinski definition) is 3. The van der Waals surface area contributed by atoms with Crippen molar-refractivity contribution < 1.29 is 9.53 Å². The fourth-order valence-corrected chi connectivity index (χ4v) is 2.59. The minimum absolute atomic E-state index is 0.0617. The summed E-state index contributed by atoms with van der Waals surface area (Å²) in [5, 5.41) is 0.599. The van der Waals surface area contributed by atoms with Gasteiger partial charge in [-0.15, -0.1) is 0 Å². The molecule has 0 saturated carbocycles. The molecule has 4 nitrogen and oxygen atoms in total. The molecule has 0 aromatic carbocycles. The minimum Gasteiger partial charge on any atom is -0.437 e. The van der Waals surface area contributed by atoms with Crippen molar-refractivity contribution in [1.29, 1.82) is 0 Å². The predicted molar refractivity (Wildman–Crippen MR) is 74.1 cm³/mol. The highest BCUT2D eigenvalue weighted by Crippen LogP contribution is 2.37. The summed E-state index contributed by atoms with van der Waals surface area (Å²) in [7, 11) is 0. The smallest absolute Gasteiger partial charge is 0.411 e. The largest absolute Gasteiger partial charge is 0.437 e. The third-order valence-corrected chi connectivity index (χ3v) is 4.06. The Hall–Kier alpha value is -1.29. The standard InChI is InChI=1S/C14H19ClN2O2/c1-5-14(3,4)17-9(2)12(19-13(17)18)11-8-10(15)6-7-16-11/h6-9,12H,5H2,1-4H3/t9-,12+/m1/s1. The average Bonchev–Trinajstić information content (AvgIpc) is 2.65. The molecule has 0 aliphatic carbocycles. The second-order valence-corrected chi connectivity index (χ2v) is 5.92. The molecule has 1 fully saturated rings. The highest BCUT2D eigenvalue weighted by Gasteiger charge is 2.46. The average molecular weight is 283 g/mol. The van der Waals surface area contributed by atoms with Gasteiger partial charge in [0.15, 0.2) is 6.10 Å². The van der Waals surface area contributed by atoms with E-state index in [2.05, 4.69) is 11.9 Å². The van der Waals surface area contributed by atoms with Gasteiger partial charge in [0.05, 0.1) is 11.7 Å². The molecule has 1 amide bonds. The lowest BCUT2D eigenvalue weighted by atomic mass is 9.96. The first-order valence-corrected chi connectivity index (χ1v) is 6.86. The quantitative estimate of drug-likeness (QED) is 0.847. The highest BCUT2D eigenvalue weighted by atomic mass is 35.5. The van der Waals surface area contributed by atoms with Gasteiger partial charge in [-0.05, 0) is 39.3 Å². The summed E-state index contributed by atoms with van der Waals surface area (Å²) in [6, 6.07) is 3.40. The maximum atomic E-state index is 12.1. The van der Waals surface area contributed by atoms with Crippen molar-refractivity contribution in [2.75, 3.05) is 0 Å². The van der Waals surface area contributed by atoms with Crippen LogP contribution in [0.1, 0.15) is 45.9 Å². The van der Waals surface area contributed by atoms with Crippen LogP contribution in [0.15, 0.2) is 18.3 Å². The molecule has 0 N–H and O–H groups in total. The molecule has 0 radical (unpaired) electrons. The Bertz CT molecular complexity index is 490. The normalized spacial score (nSPS) is 23.6. The molecule has 2 heterocycles. The van der Waals surface area contributed by atoms with Crippen molar-refractivity contribution in [2.24, 2.45) is 0 Å². The Kier molecular flexibility index (Phi) is 3.72. The number of nitrogens with zero attached hydrogens (tertiary/aromatic N) is 2. The lowest BCUT2D eigenvalue weighted by molar-refractivity contribution is 0.112. The summed E-state index contributed by atoms with van der Waals surface area (Å²) >= 11 is 5.97. The van der Waals surface area contributed by atoms with E-state index >= 15 is 0 Å². The molecular weight excluding hydrogens is 264 g/mol. The first kappa shape index (κ1) is 14.1. The molecule has 19 heavy (non-hydrogen) atoms. The Balaban J connectivity index is 2.30. The SMILES string of the molecule is CCC(C)(C)N1C(=O)O[C@H](c2cc(Cl)ccn2)[C@H]1C. The fraction of sp³-hybridized carbons (Fsp3) is 0.571. The van der Waals surface area contributed by atoms with Crippen LogP contribution in [0.2, 0.25) is 5.02 Å². The molecule has 1 aromatic rings. The number of carbonyl (C=O) groups is 1. The van der Waals surface area contributed by atoms with Gasteiger partial charge in [-0.25, -0.2) is 4.79 Å². The Morgan fingerprint density at radius 3 is 2.79 bits per heavy atom. The summed E-state index contributed by atoms with van der Waals surface area (Å²) in [5.41, 5.74) is 0.465. The number of amides is 1. The summed E-state index contributed by atoms with van der Waals surface area (Å²) in [6.45, 7) is 8.12. The molecule has 1 aromatic heterocycles. The van der Waals surface area contributed by atoms with Crippen molar-refractivity contribution in [2.45, 2.75) is 51.8 Å². The lowest BCUT2D eigenvalue weighted by Gasteiger charge is -2.36. The fourth-order valence-electron chi connectivity index (χ4n) is 2.42. The second-order valence-electron chi connectivity index (χ2n) is 5.48. The molecule has 104 valence electrons.